The highest BCUT2D eigenvalue weighted by Crippen LogP contribution is 2.45. The molecule has 4 aromatic rings. The Bertz CT molecular complexity index is 1350. The first kappa shape index (κ1) is 19.2. The van der Waals surface area contributed by atoms with E-state index >= 15 is 0 Å². The third-order valence-electron chi connectivity index (χ3n) is 4.40. The molecular weight excluding hydrogens is 400 g/mol. The average Bonchev–Trinajstić information content (AvgIpc) is 2.66. The lowest BCUT2D eigenvalue weighted by molar-refractivity contribution is -0.132. The van der Waals surface area contributed by atoms with Crippen LogP contribution in [0.1, 0.15) is 13.8 Å². The molecule has 10 heteroatoms. The first-order valence-electron chi connectivity index (χ1n) is 8.58. The Morgan fingerprint density at radius 3 is 1.40 bits per heavy atom. The van der Waals surface area contributed by atoms with Crippen molar-refractivity contribution in [1.29, 1.82) is 0 Å². The maximum atomic E-state index is 12.7. The van der Waals surface area contributed by atoms with Crippen LogP contribution in [-0.2, 0) is 9.59 Å². The smallest absolute Gasteiger partial charge is 0.344 e. The fourth-order valence-electron chi connectivity index (χ4n) is 3.39. The predicted molar refractivity (Wildman–Crippen MR) is 103 cm³/mol. The zero-order valence-corrected chi connectivity index (χ0v) is 16.2. The van der Waals surface area contributed by atoms with Gasteiger partial charge in [-0.3, -0.25) is 9.59 Å². The third kappa shape index (κ3) is 2.72. The molecule has 0 saturated heterocycles. The molecule has 0 spiro atoms. The molecule has 0 aliphatic carbocycles. The highest BCUT2D eigenvalue weighted by atomic mass is 16.6. The Labute approximate surface area is 166 Å². The summed E-state index contributed by atoms with van der Waals surface area (Å²) in [6.07, 6.45) is 0. The van der Waals surface area contributed by atoms with Gasteiger partial charge in [0.2, 0.25) is 11.5 Å². The minimum Gasteiger partial charge on any atom is -0.490 e. The van der Waals surface area contributed by atoms with Gasteiger partial charge in [0, 0.05) is 36.8 Å². The quantitative estimate of drug-likeness (QED) is 0.212. The zero-order chi connectivity index (χ0) is 21.7. The van der Waals surface area contributed by atoms with E-state index < -0.39 is 23.2 Å². The van der Waals surface area contributed by atoms with Crippen LogP contribution in [0.15, 0.2) is 30.6 Å². The van der Waals surface area contributed by atoms with E-state index in [0.29, 0.717) is 0 Å². The zero-order valence-electron chi connectivity index (χ0n) is 16.2. The Kier molecular flexibility index (Phi) is 4.34. The molecule has 2 heterocycles. The summed E-state index contributed by atoms with van der Waals surface area (Å²) in [5.41, 5.74) is -1.86. The van der Waals surface area contributed by atoms with E-state index in [9.17, 15) is 19.2 Å². The molecule has 2 aromatic carbocycles. The van der Waals surface area contributed by atoms with Crippen LogP contribution in [0.25, 0.3) is 32.7 Å². The van der Waals surface area contributed by atoms with Crippen molar-refractivity contribution in [2.45, 2.75) is 13.8 Å². The van der Waals surface area contributed by atoms with Crippen molar-refractivity contribution in [3.63, 3.8) is 0 Å². The van der Waals surface area contributed by atoms with Gasteiger partial charge in [0.25, 0.3) is 0 Å². The lowest BCUT2D eigenvalue weighted by atomic mass is 10.0. The summed E-state index contributed by atoms with van der Waals surface area (Å²) in [6, 6.07) is 2.53. The average molecular weight is 414 g/mol. The molecule has 0 saturated carbocycles. The van der Waals surface area contributed by atoms with Gasteiger partial charge in [0.15, 0.2) is 22.7 Å². The van der Waals surface area contributed by atoms with Gasteiger partial charge in [-0.05, 0) is 0 Å². The molecular formula is C20H14O10. The van der Waals surface area contributed by atoms with E-state index in [1.54, 1.807) is 0 Å². The van der Waals surface area contributed by atoms with E-state index in [4.69, 9.17) is 27.8 Å². The first-order valence-corrected chi connectivity index (χ1v) is 8.58. The lowest BCUT2D eigenvalue weighted by Gasteiger charge is -2.16. The molecule has 0 radical (unpaired) electrons. The molecule has 0 fully saturated rings. The number of carbonyl (C=O) groups excluding carboxylic acids is 2. The lowest BCUT2D eigenvalue weighted by Crippen LogP contribution is -2.11. The normalized spacial score (nSPS) is 11.2. The van der Waals surface area contributed by atoms with Gasteiger partial charge in [-0.1, -0.05) is 0 Å². The van der Waals surface area contributed by atoms with Crippen molar-refractivity contribution in [1.82, 2.24) is 0 Å². The summed E-state index contributed by atoms with van der Waals surface area (Å²) < 4.78 is 31.6. The first-order chi connectivity index (χ1) is 14.3. The topological polar surface area (TPSA) is 131 Å². The van der Waals surface area contributed by atoms with Crippen LogP contribution in [0.5, 0.6) is 23.0 Å². The minimum absolute atomic E-state index is 0.00871. The minimum atomic E-state index is -0.822. The van der Waals surface area contributed by atoms with Gasteiger partial charge in [-0.25, -0.2) is 9.59 Å². The van der Waals surface area contributed by atoms with Crippen molar-refractivity contribution >= 4 is 44.6 Å². The maximum Gasteiger partial charge on any atom is 0.344 e. The molecule has 0 aliphatic heterocycles. The van der Waals surface area contributed by atoms with Crippen LogP contribution in [0.3, 0.4) is 0 Å². The van der Waals surface area contributed by atoms with E-state index in [1.165, 1.54) is 40.2 Å². The molecule has 2 aromatic heterocycles. The summed E-state index contributed by atoms with van der Waals surface area (Å²) >= 11 is 0. The number of esters is 2. The third-order valence-corrected chi connectivity index (χ3v) is 4.40. The van der Waals surface area contributed by atoms with Crippen LogP contribution in [-0.4, -0.2) is 26.2 Å². The monoisotopic (exact) mass is 414 g/mol. The fourth-order valence-corrected chi connectivity index (χ4v) is 3.39. The number of hydrogen-bond donors (Lipinski definition) is 0. The van der Waals surface area contributed by atoms with Crippen LogP contribution in [0, 0.1) is 0 Å². The highest BCUT2D eigenvalue weighted by Gasteiger charge is 2.28. The van der Waals surface area contributed by atoms with Gasteiger partial charge >= 0.3 is 23.2 Å². The Morgan fingerprint density at radius 2 is 1.10 bits per heavy atom. The summed E-state index contributed by atoms with van der Waals surface area (Å²) in [6.45, 7) is 2.34. The Balaban J connectivity index is 2.28. The molecule has 0 amide bonds. The molecule has 0 N–H and O–H groups in total. The van der Waals surface area contributed by atoms with Crippen molar-refractivity contribution < 1.29 is 37.4 Å². The predicted octanol–water partition coefficient (Wildman–Crippen LogP) is 2.36. The van der Waals surface area contributed by atoms with Gasteiger partial charge in [-0.15, -0.1) is 0 Å². The van der Waals surface area contributed by atoms with Crippen molar-refractivity contribution in [2.75, 3.05) is 14.2 Å². The van der Waals surface area contributed by atoms with Gasteiger partial charge in [-0.2, -0.15) is 0 Å². The second-order valence-corrected chi connectivity index (χ2v) is 6.29. The molecule has 30 heavy (non-hydrogen) atoms. The van der Waals surface area contributed by atoms with Crippen molar-refractivity contribution in [3.8, 4) is 23.0 Å². The largest absolute Gasteiger partial charge is 0.490 e. The second-order valence-electron chi connectivity index (χ2n) is 6.29. The number of methoxy groups -OCH3 is 2. The number of benzene rings is 2. The van der Waals surface area contributed by atoms with E-state index in [0.717, 1.165) is 0 Å². The van der Waals surface area contributed by atoms with E-state index in [-0.39, 0.29) is 55.7 Å². The fraction of sp³-hybridized carbons (Fsp3) is 0.200. The van der Waals surface area contributed by atoms with E-state index in [2.05, 4.69) is 0 Å². The van der Waals surface area contributed by atoms with Crippen molar-refractivity contribution in [2.24, 2.45) is 0 Å². The summed E-state index contributed by atoms with van der Waals surface area (Å²) in [5.74, 6) is -1.66. The van der Waals surface area contributed by atoms with Crippen LogP contribution in [0.4, 0.5) is 0 Å². The number of carbonyl (C=O) groups is 2. The van der Waals surface area contributed by atoms with Gasteiger partial charge < -0.3 is 27.8 Å². The van der Waals surface area contributed by atoms with Gasteiger partial charge in [0.05, 0.1) is 25.0 Å². The number of hydrogen-bond acceptors (Lipinski definition) is 10. The summed E-state index contributed by atoms with van der Waals surface area (Å²) in [4.78, 5) is 48.4. The molecule has 0 bridgehead atoms. The molecule has 0 aliphatic rings. The molecule has 4 rings (SSSR count). The molecule has 0 unspecified atom stereocenters. The van der Waals surface area contributed by atoms with Crippen LogP contribution >= 0.6 is 0 Å². The number of rotatable bonds is 4. The number of ether oxygens (including phenoxy) is 4. The molecule has 154 valence electrons. The molecule has 10 nitrogen and oxygen atoms in total. The van der Waals surface area contributed by atoms with Crippen LogP contribution in [0.2, 0.25) is 0 Å². The SMILES string of the molecule is COc1c(OC(C)=O)cc2c(=O)oc3c(OC)c(OC(C)=O)cc4c(=O)oc1c2c34. The standard InChI is InChI=1S/C20H14O10/c1-7(21)27-11-5-9-13-14-10(20(24)29-17(13)15(11)25-3)6-12(28-8(2)22)16(26-4)18(14)30-19(9)23/h5-6H,1-4H3. The van der Waals surface area contributed by atoms with Crippen molar-refractivity contribution in [3.05, 3.63) is 33.0 Å². The Morgan fingerprint density at radius 1 is 0.733 bits per heavy atom. The molecule has 0 atom stereocenters. The summed E-state index contributed by atoms with van der Waals surface area (Å²) in [5, 5.41) is 0.392. The maximum absolute atomic E-state index is 12.7. The highest BCUT2D eigenvalue weighted by molar-refractivity contribution is 6.22. The second kappa shape index (κ2) is 6.76. The summed E-state index contributed by atoms with van der Waals surface area (Å²) in [7, 11) is 2.59. The Hall–Kier alpha value is -4.08. The van der Waals surface area contributed by atoms with Crippen LogP contribution < -0.4 is 30.2 Å². The van der Waals surface area contributed by atoms with Gasteiger partial charge in [0.1, 0.15) is 0 Å². The van der Waals surface area contributed by atoms with E-state index in [1.807, 2.05) is 0 Å².